The first-order valence-corrected chi connectivity index (χ1v) is 7.02. The molecule has 0 radical (unpaired) electrons. The molecule has 3 rings (SSSR count). The van der Waals surface area contributed by atoms with E-state index < -0.39 is 0 Å². The number of benzene rings is 2. The van der Waals surface area contributed by atoms with Crippen LogP contribution >= 0.6 is 0 Å². The first-order valence-electron chi connectivity index (χ1n) is 7.02. The summed E-state index contributed by atoms with van der Waals surface area (Å²) in [5.74, 6) is -0.651. The Morgan fingerprint density at radius 1 is 1.14 bits per heavy atom. The number of hydrogen-bond acceptors (Lipinski definition) is 2. The van der Waals surface area contributed by atoms with Gasteiger partial charge in [0.05, 0.1) is 0 Å². The van der Waals surface area contributed by atoms with Crippen molar-refractivity contribution in [3.63, 3.8) is 0 Å². The van der Waals surface area contributed by atoms with E-state index in [4.69, 9.17) is 0 Å². The molecule has 1 N–H and O–H groups in total. The second-order valence-corrected chi connectivity index (χ2v) is 5.23. The summed E-state index contributed by atoms with van der Waals surface area (Å²) in [6.07, 6.45) is 0.773. The average Bonchev–Trinajstić information content (AvgIpc) is 2.91. The van der Waals surface area contributed by atoms with E-state index in [9.17, 15) is 14.0 Å². The van der Waals surface area contributed by atoms with Crippen molar-refractivity contribution in [1.82, 2.24) is 0 Å². The molecule has 0 bridgehead atoms. The summed E-state index contributed by atoms with van der Waals surface area (Å²) in [6, 6.07) is 10.9. The minimum absolute atomic E-state index is 0.0156. The quantitative estimate of drug-likeness (QED) is 0.926. The molecule has 0 spiro atoms. The van der Waals surface area contributed by atoms with Crippen LogP contribution in [0.1, 0.15) is 22.8 Å². The van der Waals surface area contributed by atoms with Gasteiger partial charge in [-0.05, 0) is 54.4 Å². The number of fused-ring (bicyclic) bond motifs is 1. The minimum Gasteiger partial charge on any atom is -0.322 e. The van der Waals surface area contributed by atoms with Crippen LogP contribution in [-0.2, 0) is 11.2 Å². The van der Waals surface area contributed by atoms with Gasteiger partial charge in [-0.3, -0.25) is 9.59 Å². The Balaban J connectivity index is 1.78. The second-order valence-electron chi connectivity index (χ2n) is 5.23. The molecule has 0 fully saturated rings. The Morgan fingerprint density at radius 2 is 1.86 bits per heavy atom. The maximum absolute atomic E-state index is 12.9. The van der Waals surface area contributed by atoms with Crippen LogP contribution in [-0.4, -0.2) is 18.4 Å². The molecular formula is C17H15FN2O2. The third kappa shape index (κ3) is 2.70. The third-order valence-electron chi connectivity index (χ3n) is 3.72. The van der Waals surface area contributed by atoms with Crippen molar-refractivity contribution < 1.29 is 14.0 Å². The maximum atomic E-state index is 12.9. The normalized spacial score (nSPS) is 12.9. The van der Waals surface area contributed by atoms with Crippen LogP contribution in [0.4, 0.5) is 15.8 Å². The van der Waals surface area contributed by atoms with Gasteiger partial charge >= 0.3 is 0 Å². The molecule has 0 saturated heterocycles. The van der Waals surface area contributed by atoms with Crippen molar-refractivity contribution in [1.29, 1.82) is 0 Å². The van der Waals surface area contributed by atoms with Crippen LogP contribution in [0.5, 0.6) is 0 Å². The van der Waals surface area contributed by atoms with E-state index in [-0.39, 0.29) is 17.6 Å². The van der Waals surface area contributed by atoms with Crippen molar-refractivity contribution in [2.45, 2.75) is 13.3 Å². The molecule has 0 aliphatic carbocycles. The largest absolute Gasteiger partial charge is 0.322 e. The first kappa shape index (κ1) is 14.3. The summed E-state index contributed by atoms with van der Waals surface area (Å²) in [5.41, 5.74) is 2.99. The van der Waals surface area contributed by atoms with Gasteiger partial charge in [-0.25, -0.2) is 4.39 Å². The van der Waals surface area contributed by atoms with Crippen LogP contribution in [0.25, 0.3) is 0 Å². The lowest BCUT2D eigenvalue weighted by Crippen LogP contribution is -2.25. The van der Waals surface area contributed by atoms with Gasteiger partial charge in [0.1, 0.15) is 5.82 Å². The molecule has 2 aromatic rings. The predicted molar refractivity (Wildman–Crippen MR) is 82.5 cm³/mol. The van der Waals surface area contributed by atoms with E-state index in [0.717, 1.165) is 17.7 Å². The van der Waals surface area contributed by atoms with Crippen molar-refractivity contribution in [2.24, 2.45) is 0 Å². The van der Waals surface area contributed by atoms with Crippen LogP contribution in [0, 0.1) is 5.82 Å². The lowest BCUT2D eigenvalue weighted by Gasteiger charge is -2.15. The molecule has 1 heterocycles. The molecule has 0 aromatic heterocycles. The first-order chi connectivity index (χ1) is 10.5. The zero-order valence-corrected chi connectivity index (χ0v) is 12.1. The highest BCUT2D eigenvalue weighted by Crippen LogP contribution is 2.30. The molecule has 0 saturated carbocycles. The zero-order valence-electron chi connectivity index (χ0n) is 12.1. The highest BCUT2D eigenvalue weighted by atomic mass is 19.1. The molecule has 112 valence electrons. The van der Waals surface area contributed by atoms with Crippen molar-refractivity contribution >= 4 is 23.2 Å². The highest BCUT2D eigenvalue weighted by molar-refractivity contribution is 6.04. The van der Waals surface area contributed by atoms with E-state index in [2.05, 4.69) is 5.32 Å². The fraction of sp³-hybridized carbons (Fsp3) is 0.176. The number of halogens is 1. The average molecular weight is 298 g/mol. The summed E-state index contributed by atoms with van der Waals surface area (Å²) in [4.78, 5) is 25.3. The monoisotopic (exact) mass is 298 g/mol. The topological polar surface area (TPSA) is 49.4 Å². The molecule has 1 aliphatic rings. The molecule has 2 aromatic carbocycles. The predicted octanol–water partition coefficient (Wildman–Crippen LogP) is 2.99. The van der Waals surface area contributed by atoms with Crippen molar-refractivity contribution in [2.75, 3.05) is 16.8 Å². The maximum Gasteiger partial charge on any atom is 0.255 e. The van der Waals surface area contributed by atoms with Gasteiger partial charge in [0.2, 0.25) is 5.91 Å². The van der Waals surface area contributed by atoms with Crippen LogP contribution < -0.4 is 10.2 Å². The van der Waals surface area contributed by atoms with E-state index in [1.165, 1.54) is 24.3 Å². The summed E-state index contributed by atoms with van der Waals surface area (Å²) in [6.45, 7) is 2.21. The number of amides is 2. The smallest absolute Gasteiger partial charge is 0.255 e. The summed E-state index contributed by atoms with van der Waals surface area (Å²) in [7, 11) is 0. The Bertz CT molecular complexity index is 741. The SMILES string of the molecule is CC(=O)N1CCc2cc(NC(=O)c3ccc(F)cc3)ccc21. The number of hydrogen-bond donors (Lipinski definition) is 1. The summed E-state index contributed by atoms with van der Waals surface area (Å²) >= 11 is 0. The zero-order chi connectivity index (χ0) is 15.7. The molecule has 0 atom stereocenters. The Kier molecular flexibility index (Phi) is 3.63. The summed E-state index contributed by atoms with van der Waals surface area (Å²) in [5, 5.41) is 2.79. The van der Waals surface area contributed by atoms with Crippen molar-refractivity contribution in [3.8, 4) is 0 Å². The minimum atomic E-state index is -0.376. The molecular weight excluding hydrogens is 283 g/mol. The number of nitrogens with zero attached hydrogens (tertiary/aromatic N) is 1. The van der Waals surface area contributed by atoms with Gasteiger partial charge in [-0.1, -0.05) is 0 Å². The van der Waals surface area contributed by atoms with Gasteiger partial charge in [0.25, 0.3) is 5.91 Å². The number of nitrogens with one attached hydrogen (secondary N) is 1. The van der Waals surface area contributed by atoms with Crippen molar-refractivity contribution in [3.05, 3.63) is 59.4 Å². The fourth-order valence-electron chi connectivity index (χ4n) is 2.61. The second kappa shape index (κ2) is 5.60. The van der Waals surface area contributed by atoms with E-state index >= 15 is 0 Å². The van der Waals surface area contributed by atoms with Crippen LogP contribution in [0.3, 0.4) is 0 Å². The van der Waals surface area contributed by atoms with Gasteiger partial charge in [0, 0.05) is 30.4 Å². The molecule has 0 unspecified atom stereocenters. The Morgan fingerprint density at radius 3 is 2.55 bits per heavy atom. The Hall–Kier alpha value is -2.69. The molecule has 4 nitrogen and oxygen atoms in total. The molecule has 1 aliphatic heterocycles. The Labute approximate surface area is 127 Å². The van der Waals surface area contributed by atoms with E-state index in [1.807, 2.05) is 12.1 Å². The number of carbonyl (C=O) groups is 2. The van der Waals surface area contributed by atoms with Crippen LogP contribution in [0.15, 0.2) is 42.5 Å². The number of rotatable bonds is 2. The number of anilines is 2. The van der Waals surface area contributed by atoms with Gasteiger partial charge in [-0.15, -0.1) is 0 Å². The van der Waals surface area contributed by atoms with Gasteiger partial charge in [-0.2, -0.15) is 0 Å². The molecule has 5 heteroatoms. The lowest BCUT2D eigenvalue weighted by atomic mass is 10.1. The standard InChI is InChI=1S/C17H15FN2O2/c1-11(21)20-9-8-13-10-15(6-7-16(13)20)19-17(22)12-2-4-14(18)5-3-12/h2-7,10H,8-9H2,1H3,(H,19,22). The summed E-state index contributed by atoms with van der Waals surface area (Å²) < 4.78 is 12.9. The highest BCUT2D eigenvalue weighted by Gasteiger charge is 2.22. The van der Waals surface area contributed by atoms with Gasteiger partial charge < -0.3 is 10.2 Å². The van der Waals surface area contributed by atoms with Crippen LogP contribution in [0.2, 0.25) is 0 Å². The molecule has 22 heavy (non-hydrogen) atoms. The lowest BCUT2D eigenvalue weighted by molar-refractivity contribution is -0.116. The van der Waals surface area contributed by atoms with Gasteiger partial charge in [0.15, 0.2) is 0 Å². The number of carbonyl (C=O) groups excluding carboxylic acids is 2. The fourth-order valence-corrected chi connectivity index (χ4v) is 2.61. The van der Waals surface area contributed by atoms with E-state index in [1.54, 1.807) is 17.9 Å². The molecule has 2 amide bonds. The van der Waals surface area contributed by atoms with E-state index in [0.29, 0.717) is 17.8 Å². The third-order valence-corrected chi connectivity index (χ3v) is 3.72.